The Balaban J connectivity index is 1.93. The Morgan fingerprint density at radius 2 is 1.77 bits per heavy atom. The number of halogens is 2. The van der Waals surface area contributed by atoms with Crippen LogP contribution in [0.15, 0.2) is 48.5 Å². The molecule has 0 heterocycles. The minimum absolute atomic E-state index is 0.548. The molecule has 118 valence electrons. The molecule has 0 bridgehead atoms. The lowest BCUT2D eigenvalue weighted by Crippen LogP contribution is -2.29. The maximum Gasteiger partial charge on any atom is 0.138 e. The van der Waals surface area contributed by atoms with Crippen LogP contribution in [0.5, 0.6) is 5.75 Å². The third kappa shape index (κ3) is 5.11. The summed E-state index contributed by atoms with van der Waals surface area (Å²) < 4.78 is 5.79. The Kier molecular flexibility index (Phi) is 6.88. The summed E-state index contributed by atoms with van der Waals surface area (Å²) in [5.74, 6) is 0.676. The van der Waals surface area contributed by atoms with E-state index >= 15 is 0 Å². The highest BCUT2D eigenvalue weighted by Gasteiger charge is 2.07. The van der Waals surface area contributed by atoms with Gasteiger partial charge in [-0.2, -0.15) is 0 Å². The van der Waals surface area contributed by atoms with E-state index in [-0.39, 0.29) is 0 Å². The number of hydrogen-bond acceptors (Lipinski definition) is 2. The monoisotopic (exact) mass is 337 g/mol. The van der Waals surface area contributed by atoms with Crippen molar-refractivity contribution in [1.82, 2.24) is 0 Å². The number of rotatable bonds is 8. The van der Waals surface area contributed by atoms with Crippen LogP contribution in [0.3, 0.4) is 0 Å². The predicted molar refractivity (Wildman–Crippen MR) is 95.5 cm³/mol. The van der Waals surface area contributed by atoms with E-state index in [0.29, 0.717) is 22.4 Å². The van der Waals surface area contributed by atoms with Gasteiger partial charge in [0.25, 0.3) is 0 Å². The highest BCUT2D eigenvalue weighted by molar-refractivity contribution is 6.35. The van der Waals surface area contributed by atoms with E-state index in [4.69, 9.17) is 27.9 Å². The predicted octanol–water partition coefficient (Wildman–Crippen LogP) is 5.68. The van der Waals surface area contributed by atoms with E-state index in [2.05, 4.69) is 36.1 Å². The first-order valence-corrected chi connectivity index (χ1v) is 8.34. The fourth-order valence-corrected chi connectivity index (χ4v) is 2.68. The van der Waals surface area contributed by atoms with Gasteiger partial charge in [-0.25, -0.2) is 0 Å². The summed E-state index contributed by atoms with van der Waals surface area (Å²) in [6.45, 7) is 4.63. The maximum atomic E-state index is 6.12. The number of hydrogen-bond donors (Lipinski definition) is 0. The molecule has 0 spiro atoms. The lowest BCUT2D eigenvalue weighted by molar-refractivity contribution is 0.323. The van der Waals surface area contributed by atoms with Crippen molar-refractivity contribution in [2.24, 2.45) is 0 Å². The van der Waals surface area contributed by atoms with Crippen LogP contribution in [0.4, 0.5) is 5.69 Å². The average molecular weight is 338 g/mol. The van der Waals surface area contributed by atoms with Crippen molar-refractivity contribution in [3.63, 3.8) is 0 Å². The largest absolute Gasteiger partial charge is 0.490 e. The average Bonchev–Trinajstić information content (AvgIpc) is 2.53. The normalized spacial score (nSPS) is 10.5. The molecule has 0 radical (unpaired) electrons. The molecule has 0 amide bonds. The van der Waals surface area contributed by atoms with Crippen molar-refractivity contribution in [2.45, 2.75) is 19.8 Å². The molecule has 0 aliphatic heterocycles. The van der Waals surface area contributed by atoms with Crippen LogP contribution in [0.2, 0.25) is 10.0 Å². The Labute approximate surface area is 142 Å². The quantitative estimate of drug-likeness (QED) is 0.614. The zero-order valence-corrected chi connectivity index (χ0v) is 14.3. The molecule has 0 unspecified atom stereocenters. The van der Waals surface area contributed by atoms with Crippen LogP contribution < -0.4 is 9.64 Å². The third-order valence-corrected chi connectivity index (χ3v) is 3.95. The molecule has 2 aromatic rings. The molecule has 0 aromatic heterocycles. The van der Waals surface area contributed by atoms with Crippen LogP contribution in [0.1, 0.15) is 19.8 Å². The highest BCUT2D eigenvalue weighted by atomic mass is 35.5. The molecule has 0 aliphatic rings. The van der Waals surface area contributed by atoms with Crippen LogP contribution in [-0.2, 0) is 0 Å². The van der Waals surface area contributed by atoms with Gasteiger partial charge < -0.3 is 9.64 Å². The van der Waals surface area contributed by atoms with Gasteiger partial charge in [-0.3, -0.25) is 0 Å². The molecule has 2 nitrogen and oxygen atoms in total. The lowest BCUT2D eigenvalue weighted by atomic mass is 10.2. The molecule has 0 saturated carbocycles. The summed E-state index contributed by atoms with van der Waals surface area (Å²) in [5, 5.41) is 1.17. The van der Waals surface area contributed by atoms with E-state index in [1.807, 2.05) is 12.1 Å². The molecule has 2 rings (SSSR count). The van der Waals surface area contributed by atoms with Crippen LogP contribution >= 0.6 is 23.2 Å². The van der Waals surface area contributed by atoms with Crippen molar-refractivity contribution < 1.29 is 4.74 Å². The van der Waals surface area contributed by atoms with E-state index in [0.717, 1.165) is 19.5 Å². The highest BCUT2D eigenvalue weighted by Crippen LogP contribution is 2.27. The summed E-state index contributed by atoms with van der Waals surface area (Å²) in [7, 11) is 0. The second-order valence-electron chi connectivity index (χ2n) is 5.10. The number of ether oxygens (including phenoxy) is 1. The first-order valence-electron chi connectivity index (χ1n) is 7.58. The molecule has 22 heavy (non-hydrogen) atoms. The van der Waals surface area contributed by atoms with Gasteiger partial charge in [-0.15, -0.1) is 0 Å². The van der Waals surface area contributed by atoms with Gasteiger partial charge >= 0.3 is 0 Å². The molecule has 4 heteroatoms. The van der Waals surface area contributed by atoms with Crippen molar-refractivity contribution >= 4 is 28.9 Å². The van der Waals surface area contributed by atoms with Crippen molar-refractivity contribution in [1.29, 1.82) is 0 Å². The molecular weight excluding hydrogens is 317 g/mol. The molecular formula is C18H21Cl2NO. The number of anilines is 1. The van der Waals surface area contributed by atoms with Crippen LogP contribution in [0, 0.1) is 0 Å². The van der Waals surface area contributed by atoms with Crippen molar-refractivity contribution in [3.8, 4) is 5.75 Å². The summed E-state index contributed by atoms with van der Waals surface area (Å²) in [4.78, 5) is 2.34. The summed E-state index contributed by atoms with van der Waals surface area (Å²) >= 11 is 12.0. The maximum absolute atomic E-state index is 6.12. The zero-order valence-electron chi connectivity index (χ0n) is 12.8. The summed E-state index contributed by atoms with van der Waals surface area (Å²) in [6, 6.07) is 15.7. The van der Waals surface area contributed by atoms with Crippen LogP contribution in [0.25, 0.3) is 0 Å². The Morgan fingerprint density at radius 1 is 1.00 bits per heavy atom. The number of benzene rings is 2. The van der Waals surface area contributed by atoms with Crippen LogP contribution in [-0.4, -0.2) is 19.7 Å². The third-order valence-electron chi connectivity index (χ3n) is 3.42. The van der Waals surface area contributed by atoms with Gasteiger partial charge in [0, 0.05) is 17.3 Å². The number of nitrogens with zero attached hydrogens (tertiary/aromatic N) is 1. The lowest BCUT2D eigenvalue weighted by Gasteiger charge is -2.25. The Morgan fingerprint density at radius 3 is 2.45 bits per heavy atom. The molecule has 0 aliphatic carbocycles. The van der Waals surface area contributed by atoms with Gasteiger partial charge in [-0.05, 0) is 36.8 Å². The number of para-hydroxylation sites is 1. The van der Waals surface area contributed by atoms with Crippen molar-refractivity contribution in [2.75, 3.05) is 24.6 Å². The second-order valence-corrected chi connectivity index (χ2v) is 5.94. The molecule has 0 saturated heterocycles. The van der Waals surface area contributed by atoms with E-state index in [1.54, 1.807) is 12.1 Å². The SMILES string of the molecule is CCCCN(CCOc1ccc(Cl)cc1Cl)c1ccccc1. The summed E-state index contributed by atoms with van der Waals surface area (Å²) in [6.07, 6.45) is 2.34. The standard InChI is InChI=1S/C18H21Cl2NO/c1-2-3-11-21(16-7-5-4-6-8-16)12-13-22-18-10-9-15(19)14-17(18)20/h4-10,14H,2-3,11-13H2,1H3. The van der Waals surface area contributed by atoms with Gasteiger partial charge in [0.1, 0.15) is 12.4 Å². The first kappa shape index (κ1) is 17.0. The van der Waals surface area contributed by atoms with E-state index in [1.165, 1.54) is 12.1 Å². The zero-order chi connectivity index (χ0) is 15.8. The summed E-state index contributed by atoms with van der Waals surface area (Å²) in [5.41, 5.74) is 1.22. The van der Waals surface area contributed by atoms with E-state index in [9.17, 15) is 0 Å². The second kappa shape index (κ2) is 8.92. The molecule has 0 fully saturated rings. The van der Waals surface area contributed by atoms with E-state index < -0.39 is 0 Å². The van der Waals surface area contributed by atoms with Gasteiger partial charge in [0.2, 0.25) is 0 Å². The van der Waals surface area contributed by atoms with Gasteiger partial charge in [0.15, 0.2) is 0 Å². The fourth-order valence-electron chi connectivity index (χ4n) is 2.22. The Hall–Kier alpha value is -1.38. The molecule has 2 aromatic carbocycles. The minimum atomic E-state index is 0.548. The van der Waals surface area contributed by atoms with Gasteiger partial charge in [-0.1, -0.05) is 54.7 Å². The number of unbranched alkanes of at least 4 members (excludes halogenated alkanes) is 1. The minimum Gasteiger partial charge on any atom is -0.490 e. The fraction of sp³-hybridized carbons (Fsp3) is 0.333. The molecule has 0 atom stereocenters. The first-order chi connectivity index (χ1) is 10.7. The molecule has 0 N–H and O–H groups in total. The van der Waals surface area contributed by atoms with Gasteiger partial charge in [0.05, 0.1) is 11.6 Å². The Bertz CT molecular complexity index is 575. The van der Waals surface area contributed by atoms with Crippen molar-refractivity contribution in [3.05, 3.63) is 58.6 Å². The smallest absolute Gasteiger partial charge is 0.138 e. The topological polar surface area (TPSA) is 12.5 Å².